The van der Waals surface area contributed by atoms with Crippen molar-refractivity contribution in [1.29, 1.82) is 0 Å². The minimum atomic E-state index is 0.139. The van der Waals surface area contributed by atoms with E-state index in [1.54, 1.807) is 0 Å². The second-order valence-corrected chi connectivity index (χ2v) is 4.73. The van der Waals surface area contributed by atoms with E-state index in [4.69, 9.17) is 16.7 Å². The summed E-state index contributed by atoms with van der Waals surface area (Å²) >= 11 is 9.44. The lowest BCUT2D eigenvalue weighted by molar-refractivity contribution is 0.238. The molecule has 4 heteroatoms. The minimum absolute atomic E-state index is 0.139. The van der Waals surface area contributed by atoms with Gasteiger partial charge in [0.2, 0.25) is 0 Å². The maximum atomic E-state index is 9.02. The standard InChI is InChI=1S/C11H15BrClNO/c1-2-10(7-15)14-6-8-5-9(12)3-4-11(8)13/h3-5,10,14-15H,2,6-7H2,1H3/t10-/m1/s1. The van der Waals surface area contributed by atoms with Crippen LogP contribution in [0.25, 0.3) is 0 Å². The molecule has 0 saturated heterocycles. The van der Waals surface area contributed by atoms with Crippen molar-refractivity contribution in [2.45, 2.75) is 25.9 Å². The molecule has 0 aromatic heterocycles. The first-order valence-electron chi connectivity index (χ1n) is 4.95. The summed E-state index contributed by atoms with van der Waals surface area (Å²) in [6, 6.07) is 5.90. The number of benzene rings is 1. The van der Waals surface area contributed by atoms with Crippen LogP contribution in [-0.4, -0.2) is 17.8 Å². The third-order valence-corrected chi connectivity index (χ3v) is 3.16. The van der Waals surface area contributed by atoms with E-state index in [0.29, 0.717) is 6.54 Å². The van der Waals surface area contributed by atoms with Gasteiger partial charge in [-0.25, -0.2) is 0 Å². The Morgan fingerprint density at radius 3 is 2.87 bits per heavy atom. The lowest BCUT2D eigenvalue weighted by atomic mass is 10.2. The van der Waals surface area contributed by atoms with E-state index in [9.17, 15) is 0 Å². The van der Waals surface area contributed by atoms with E-state index in [-0.39, 0.29) is 12.6 Å². The van der Waals surface area contributed by atoms with Crippen molar-refractivity contribution >= 4 is 27.5 Å². The van der Waals surface area contributed by atoms with Crippen molar-refractivity contribution in [3.63, 3.8) is 0 Å². The van der Waals surface area contributed by atoms with Gasteiger partial charge >= 0.3 is 0 Å². The second-order valence-electron chi connectivity index (χ2n) is 3.40. The number of hydrogen-bond acceptors (Lipinski definition) is 2. The molecule has 0 fully saturated rings. The van der Waals surface area contributed by atoms with Gasteiger partial charge in [-0.2, -0.15) is 0 Å². The summed E-state index contributed by atoms with van der Waals surface area (Å²) in [6.45, 7) is 2.87. The average molecular weight is 293 g/mol. The number of nitrogens with one attached hydrogen (secondary N) is 1. The molecule has 0 aliphatic rings. The molecule has 0 aliphatic carbocycles. The van der Waals surface area contributed by atoms with Crippen LogP contribution in [0, 0.1) is 0 Å². The van der Waals surface area contributed by atoms with Crippen molar-refractivity contribution in [2.75, 3.05) is 6.61 Å². The van der Waals surface area contributed by atoms with Gasteiger partial charge in [-0.05, 0) is 30.2 Å². The molecule has 2 nitrogen and oxygen atoms in total. The van der Waals surface area contributed by atoms with Crippen molar-refractivity contribution in [2.24, 2.45) is 0 Å². The van der Waals surface area contributed by atoms with Crippen LogP contribution in [-0.2, 0) is 6.54 Å². The number of aliphatic hydroxyl groups excluding tert-OH is 1. The maximum Gasteiger partial charge on any atom is 0.0584 e. The van der Waals surface area contributed by atoms with Crippen LogP contribution in [0.15, 0.2) is 22.7 Å². The highest BCUT2D eigenvalue weighted by Crippen LogP contribution is 2.20. The molecule has 0 heterocycles. The van der Waals surface area contributed by atoms with Gasteiger partial charge in [0.15, 0.2) is 0 Å². The van der Waals surface area contributed by atoms with E-state index >= 15 is 0 Å². The molecular formula is C11H15BrClNO. The molecule has 1 atom stereocenters. The summed E-state index contributed by atoms with van der Waals surface area (Å²) in [7, 11) is 0. The third-order valence-electron chi connectivity index (χ3n) is 2.30. The molecule has 84 valence electrons. The summed E-state index contributed by atoms with van der Waals surface area (Å²) in [6.07, 6.45) is 0.905. The van der Waals surface area contributed by atoms with Crippen LogP contribution in [0.3, 0.4) is 0 Å². The Balaban J connectivity index is 2.60. The molecule has 0 amide bonds. The van der Waals surface area contributed by atoms with Gasteiger partial charge in [0.25, 0.3) is 0 Å². The molecule has 0 unspecified atom stereocenters. The van der Waals surface area contributed by atoms with Crippen molar-refractivity contribution < 1.29 is 5.11 Å². The van der Waals surface area contributed by atoms with E-state index in [0.717, 1.165) is 21.5 Å². The first-order valence-corrected chi connectivity index (χ1v) is 6.12. The quantitative estimate of drug-likeness (QED) is 0.874. The summed E-state index contributed by atoms with van der Waals surface area (Å²) in [5.41, 5.74) is 1.04. The van der Waals surface area contributed by atoms with E-state index in [1.165, 1.54) is 0 Å². The van der Waals surface area contributed by atoms with E-state index in [2.05, 4.69) is 21.2 Å². The van der Waals surface area contributed by atoms with Crippen LogP contribution < -0.4 is 5.32 Å². The van der Waals surface area contributed by atoms with Gasteiger partial charge in [0.05, 0.1) is 6.61 Å². The smallest absolute Gasteiger partial charge is 0.0584 e. The third kappa shape index (κ3) is 4.11. The highest BCUT2D eigenvalue weighted by atomic mass is 79.9. The van der Waals surface area contributed by atoms with E-state index < -0.39 is 0 Å². The topological polar surface area (TPSA) is 32.3 Å². The molecule has 0 bridgehead atoms. The fraction of sp³-hybridized carbons (Fsp3) is 0.455. The zero-order valence-corrected chi connectivity index (χ0v) is 11.0. The summed E-state index contributed by atoms with van der Waals surface area (Å²) in [5.74, 6) is 0. The van der Waals surface area contributed by atoms with Gasteiger partial charge in [-0.15, -0.1) is 0 Å². The number of rotatable bonds is 5. The zero-order chi connectivity index (χ0) is 11.3. The van der Waals surface area contributed by atoms with E-state index in [1.807, 2.05) is 25.1 Å². The first kappa shape index (κ1) is 13.0. The molecule has 1 aromatic rings. The highest BCUT2D eigenvalue weighted by Gasteiger charge is 2.05. The largest absolute Gasteiger partial charge is 0.395 e. The second kappa shape index (κ2) is 6.48. The number of hydrogen-bond donors (Lipinski definition) is 2. The Hall–Kier alpha value is -0.0900. The fourth-order valence-electron chi connectivity index (χ4n) is 1.27. The van der Waals surface area contributed by atoms with Gasteiger partial charge < -0.3 is 10.4 Å². The number of aliphatic hydroxyl groups is 1. The molecule has 0 spiro atoms. The summed E-state index contributed by atoms with van der Waals surface area (Å²) in [5, 5.41) is 13.0. The van der Waals surface area contributed by atoms with Crippen molar-refractivity contribution in [3.05, 3.63) is 33.3 Å². The Kier molecular flexibility index (Phi) is 5.61. The monoisotopic (exact) mass is 291 g/mol. The molecule has 1 rings (SSSR count). The van der Waals surface area contributed by atoms with Crippen LogP contribution in [0.4, 0.5) is 0 Å². The zero-order valence-electron chi connectivity index (χ0n) is 8.63. The fourth-order valence-corrected chi connectivity index (χ4v) is 1.86. The predicted octanol–water partition coefficient (Wildman–Crippen LogP) is 2.96. The lowest BCUT2D eigenvalue weighted by Crippen LogP contribution is -2.31. The molecule has 0 radical (unpaired) electrons. The van der Waals surface area contributed by atoms with Crippen LogP contribution in [0.5, 0.6) is 0 Å². The Labute approximate surface area is 104 Å². The molecule has 2 N–H and O–H groups in total. The van der Waals surface area contributed by atoms with Crippen molar-refractivity contribution in [1.82, 2.24) is 5.32 Å². The Morgan fingerprint density at radius 2 is 2.27 bits per heavy atom. The van der Waals surface area contributed by atoms with Gasteiger partial charge in [-0.3, -0.25) is 0 Å². The maximum absolute atomic E-state index is 9.02. The molecule has 1 aromatic carbocycles. The molecule has 15 heavy (non-hydrogen) atoms. The highest BCUT2D eigenvalue weighted by molar-refractivity contribution is 9.10. The van der Waals surface area contributed by atoms with Crippen LogP contribution in [0.1, 0.15) is 18.9 Å². The lowest BCUT2D eigenvalue weighted by Gasteiger charge is -2.14. The van der Waals surface area contributed by atoms with Crippen LogP contribution in [0.2, 0.25) is 5.02 Å². The van der Waals surface area contributed by atoms with Crippen molar-refractivity contribution in [3.8, 4) is 0 Å². The summed E-state index contributed by atoms with van der Waals surface area (Å²) < 4.78 is 1.01. The molecular weight excluding hydrogens is 277 g/mol. The number of halogens is 2. The predicted molar refractivity (Wildman–Crippen MR) is 67.2 cm³/mol. The molecule has 0 saturated carbocycles. The minimum Gasteiger partial charge on any atom is -0.395 e. The summed E-state index contributed by atoms with van der Waals surface area (Å²) in [4.78, 5) is 0. The van der Waals surface area contributed by atoms with Crippen LogP contribution >= 0.6 is 27.5 Å². The Bertz CT molecular complexity index is 315. The normalized spacial score (nSPS) is 12.8. The first-order chi connectivity index (χ1) is 7.17. The molecule has 0 aliphatic heterocycles. The van der Waals surface area contributed by atoms with Gasteiger partial charge in [-0.1, -0.05) is 34.5 Å². The SMILES string of the molecule is CC[C@H](CO)NCc1cc(Br)ccc1Cl. The average Bonchev–Trinajstić information content (AvgIpc) is 2.24. The Morgan fingerprint density at radius 1 is 1.53 bits per heavy atom. The van der Waals surface area contributed by atoms with Gasteiger partial charge in [0.1, 0.15) is 0 Å². The van der Waals surface area contributed by atoms with Gasteiger partial charge in [0, 0.05) is 22.1 Å².